The third-order valence-corrected chi connectivity index (χ3v) is 2.51. The second-order valence-electron chi connectivity index (χ2n) is 3.72. The molecule has 0 spiro atoms. The molecule has 0 aliphatic rings. The molecule has 0 unspecified atom stereocenters. The quantitative estimate of drug-likeness (QED) is 0.676. The van der Waals surface area contributed by atoms with Gasteiger partial charge in [-0.3, -0.25) is 0 Å². The second kappa shape index (κ2) is 6.77. The number of nitriles is 1. The number of ether oxygens (including phenoxy) is 1. The summed E-state index contributed by atoms with van der Waals surface area (Å²) in [6, 6.07) is 13.7. The van der Waals surface area contributed by atoms with E-state index in [-0.39, 0.29) is 17.0 Å². The highest BCUT2D eigenvalue weighted by Gasteiger charge is 2.04. The first kappa shape index (κ1) is 14.2. The fourth-order valence-electron chi connectivity index (χ4n) is 1.63. The topological polar surface area (TPSA) is 36.9 Å². The number of benzene rings is 1. The predicted molar refractivity (Wildman–Crippen MR) is 63.4 cm³/mol. The van der Waals surface area contributed by atoms with Gasteiger partial charge in [-0.2, -0.15) is 9.83 Å². The van der Waals surface area contributed by atoms with E-state index in [0.717, 1.165) is 12.3 Å². The minimum atomic E-state index is 0. The van der Waals surface area contributed by atoms with E-state index in [1.54, 1.807) is 13.2 Å². The molecule has 0 amide bonds. The fraction of sp³-hybridized carbons (Fsp3) is 0.143. The number of nitrogens with zero attached hydrogens (tertiary/aromatic N) is 2. The van der Waals surface area contributed by atoms with Crippen molar-refractivity contribution in [3.63, 3.8) is 0 Å². The van der Waals surface area contributed by atoms with Crippen LogP contribution < -0.4 is 26.3 Å². The molecule has 0 fully saturated rings. The van der Waals surface area contributed by atoms with Crippen molar-refractivity contribution >= 4 is 0 Å². The maximum Gasteiger partial charge on any atom is 0.186 e. The lowest BCUT2D eigenvalue weighted by Crippen LogP contribution is -3.00. The molecule has 2 rings (SSSR count). The van der Waals surface area contributed by atoms with Gasteiger partial charge in [0.2, 0.25) is 0 Å². The first-order valence-corrected chi connectivity index (χ1v) is 5.34. The van der Waals surface area contributed by atoms with Crippen LogP contribution in [0.15, 0.2) is 48.8 Å². The highest BCUT2D eigenvalue weighted by atomic mass is 79.9. The molecule has 0 aliphatic heterocycles. The molecular weight excluding hydrogens is 292 g/mol. The largest absolute Gasteiger partial charge is 1.00 e. The van der Waals surface area contributed by atoms with Crippen molar-refractivity contribution in [1.82, 2.24) is 0 Å². The lowest BCUT2D eigenvalue weighted by molar-refractivity contribution is -0.688. The zero-order valence-corrected chi connectivity index (χ0v) is 11.6. The molecule has 0 atom stereocenters. The summed E-state index contributed by atoms with van der Waals surface area (Å²) < 4.78 is 7.09. The van der Waals surface area contributed by atoms with E-state index in [1.165, 1.54) is 5.56 Å². The van der Waals surface area contributed by atoms with Crippen LogP contribution in [0, 0.1) is 11.3 Å². The Balaban J connectivity index is 0.00000162. The summed E-state index contributed by atoms with van der Waals surface area (Å²) in [5.41, 5.74) is 1.84. The molecule has 1 aromatic heterocycles. The van der Waals surface area contributed by atoms with E-state index in [9.17, 15) is 0 Å². The van der Waals surface area contributed by atoms with Crippen LogP contribution in [0.1, 0.15) is 11.1 Å². The van der Waals surface area contributed by atoms with Gasteiger partial charge in [0.1, 0.15) is 17.4 Å². The van der Waals surface area contributed by atoms with Gasteiger partial charge in [-0.05, 0) is 30.3 Å². The molecule has 92 valence electrons. The van der Waals surface area contributed by atoms with Gasteiger partial charge in [-0.1, -0.05) is 0 Å². The minimum Gasteiger partial charge on any atom is -1.00 e. The smallest absolute Gasteiger partial charge is 0.186 e. The van der Waals surface area contributed by atoms with Crippen LogP contribution in [0.5, 0.6) is 5.75 Å². The van der Waals surface area contributed by atoms with E-state index < -0.39 is 0 Å². The summed E-state index contributed by atoms with van der Waals surface area (Å²) in [5.74, 6) is 0.851. The molecule has 0 saturated carbocycles. The molecule has 2 aromatic rings. The summed E-state index contributed by atoms with van der Waals surface area (Å²) in [6.45, 7) is 0.750. The molecule has 0 saturated heterocycles. The van der Waals surface area contributed by atoms with Crippen LogP contribution in [-0.4, -0.2) is 7.11 Å². The SMILES string of the molecule is COc1ccc(C[n+]2cccc(C#N)c2)cc1.[Br-]. The normalized spacial score (nSPS) is 9.11. The van der Waals surface area contributed by atoms with Crippen LogP contribution in [-0.2, 0) is 6.54 Å². The van der Waals surface area contributed by atoms with Crippen molar-refractivity contribution in [3.8, 4) is 11.8 Å². The highest BCUT2D eigenvalue weighted by molar-refractivity contribution is 5.27. The number of rotatable bonds is 3. The highest BCUT2D eigenvalue weighted by Crippen LogP contribution is 2.10. The summed E-state index contributed by atoms with van der Waals surface area (Å²) >= 11 is 0. The van der Waals surface area contributed by atoms with Gasteiger partial charge in [-0.15, -0.1) is 0 Å². The number of hydrogen-bond acceptors (Lipinski definition) is 2. The number of methoxy groups -OCH3 is 1. The van der Waals surface area contributed by atoms with Gasteiger partial charge in [0, 0.05) is 11.6 Å². The summed E-state index contributed by atoms with van der Waals surface area (Å²) in [7, 11) is 1.65. The van der Waals surface area contributed by atoms with Gasteiger partial charge in [-0.25, -0.2) is 0 Å². The maximum absolute atomic E-state index is 8.82. The third kappa shape index (κ3) is 3.57. The Bertz CT molecular complexity index is 546. The van der Waals surface area contributed by atoms with Crippen molar-refractivity contribution in [1.29, 1.82) is 5.26 Å². The van der Waals surface area contributed by atoms with Gasteiger partial charge in [0.25, 0.3) is 0 Å². The molecule has 0 N–H and O–H groups in total. The first-order valence-electron chi connectivity index (χ1n) is 5.34. The number of hydrogen-bond donors (Lipinski definition) is 0. The third-order valence-electron chi connectivity index (χ3n) is 2.51. The Morgan fingerprint density at radius 1 is 1.22 bits per heavy atom. The molecule has 3 nitrogen and oxygen atoms in total. The predicted octanol–water partition coefficient (Wildman–Crippen LogP) is -1.09. The summed E-state index contributed by atoms with van der Waals surface area (Å²) in [4.78, 5) is 0. The average Bonchev–Trinajstić information content (AvgIpc) is 2.40. The van der Waals surface area contributed by atoms with Gasteiger partial charge in [0.15, 0.2) is 18.9 Å². The Hall–Kier alpha value is -1.86. The van der Waals surface area contributed by atoms with Crippen molar-refractivity contribution in [2.24, 2.45) is 0 Å². The Kier molecular flexibility index (Phi) is 5.34. The monoisotopic (exact) mass is 304 g/mol. The Morgan fingerprint density at radius 3 is 2.56 bits per heavy atom. The van der Waals surface area contributed by atoms with Crippen molar-refractivity contribution < 1.29 is 26.3 Å². The molecular formula is C14H13BrN2O. The molecule has 0 aliphatic carbocycles. The van der Waals surface area contributed by atoms with Crippen LogP contribution in [0.25, 0.3) is 0 Å². The number of pyridine rings is 1. The minimum absolute atomic E-state index is 0. The fourth-order valence-corrected chi connectivity index (χ4v) is 1.63. The molecule has 0 radical (unpaired) electrons. The summed E-state index contributed by atoms with van der Waals surface area (Å²) in [6.07, 6.45) is 3.79. The van der Waals surface area contributed by atoms with E-state index in [4.69, 9.17) is 10.00 Å². The first-order chi connectivity index (χ1) is 8.31. The lowest BCUT2D eigenvalue weighted by Gasteiger charge is -2.01. The standard InChI is InChI=1S/C14H13N2O.BrH/c1-17-14-6-4-12(5-7-14)10-16-8-2-3-13(9-15)11-16;/h2-8,11H,10H2,1H3;1H/q+1;/p-1. The zero-order chi connectivity index (χ0) is 12.1. The van der Waals surface area contributed by atoms with Crippen LogP contribution in [0.4, 0.5) is 0 Å². The van der Waals surface area contributed by atoms with Crippen molar-refractivity contribution in [2.45, 2.75) is 6.54 Å². The Morgan fingerprint density at radius 2 is 1.94 bits per heavy atom. The van der Waals surface area contributed by atoms with Crippen LogP contribution in [0.2, 0.25) is 0 Å². The van der Waals surface area contributed by atoms with E-state index >= 15 is 0 Å². The molecule has 1 aromatic carbocycles. The molecule has 0 bridgehead atoms. The Labute approximate surface area is 117 Å². The van der Waals surface area contributed by atoms with E-state index in [2.05, 4.69) is 6.07 Å². The maximum atomic E-state index is 8.82. The van der Waals surface area contributed by atoms with E-state index in [1.807, 2.05) is 47.3 Å². The lowest BCUT2D eigenvalue weighted by atomic mass is 10.2. The second-order valence-corrected chi connectivity index (χ2v) is 3.72. The zero-order valence-electron chi connectivity index (χ0n) is 10.0. The van der Waals surface area contributed by atoms with Crippen LogP contribution >= 0.6 is 0 Å². The van der Waals surface area contributed by atoms with Gasteiger partial charge >= 0.3 is 0 Å². The van der Waals surface area contributed by atoms with Crippen molar-refractivity contribution in [3.05, 3.63) is 59.9 Å². The average molecular weight is 305 g/mol. The van der Waals surface area contributed by atoms with E-state index in [0.29, 0.717) is 5.56 Å². The molecule has 18 heavy (non-hydrogen) atoms. The van der Waals surface area contributed by atoms with Gasteiger partial charge < -0.3 is 21.7 Å². The number of halogens is 1. The van der Waals surface area contributed by atoms with Gasteiger partial charge in [0.05, 0.1) is 7.11 Å². The molecule has 1 heterocycles. The number of aromatic nitrogens is 1. The van der Waals surface area contributed by atoms with Crippen molar-refractivity contribution in [2.75, 3.05) is 7.11 Å². The summed E-state index contributed by atoms with van der Waals surface area (Å²) in [5, 5.41) is 8.82. The van der Waals surface area contributed by atoms with Crippen LogP contribution in [0.3, 0.4) is 0 Å². The molecule has 4 heteroatoms.